The van der Waals surface area contributed by atoms with Crippen molar-refractivity contribution in [2.75, 3.05) is 29.0 Å². The quantitative estimate of drug-likeness (QED) is 0.287. The number of pyridine rings is 1. The number of carbonyl (C=O) groups excluding carboxylic acids is 1. The van der Waals surface area contributed by atoms with Crippen LogP contribution in [0.2, 0.25) is 0 Å². The highest BCUT2D eigenvalue weighted by Gasteiger charge is 2.26. The number of amides is 1. The highest BCUT2D eigenvalue weighted by molar-refractivity contribution is 6.44. The number of hydrogen-bond acceptors (Lipinski definition) is 8. The van der Waals surface area contributed by atoms with Crippen LogP contribution in [0.3, 0.4) is 0 Å². The monoisotopic (exact) mass is 589 g/mol. The molecule has 0 saturated carbocycles. The summed E-state index contributed by atoms with van der Waals surface area (Å²) < 4.78 is 5.08. The first-order chi connectivity index (χ1) is 20.3. The van der Waals surface area contributed by atoms with Crippen LogP contribution >= 0.6 is 11.6 Å². The summed E-state index contributed by atoms with van der Waals surface area (Å²) in [4.78, 5) is 23.8. The summed E-state index contributed by atoms with van der Waals surface area (Å²) in [6.07, 6.45) is 10.5. The number of aliphatic imine (C=N–C) groups is 1. The Bertz CT molecular complexity index is 1440. The number of aromatic nitrogens is 2. The summed E-state index contributed by atoms with van der Waals surface area (Å²) in [6, 6.07) is 10.4. The minimum Gasteiger partial charge on any atom is -0.382 e. The third-order valence-corrected chi connectivity index (χ3v) is 7.41. The maximum atomic E-state index is 12.8. The summed E-state index contributed by atoms with van der Waals surface area (Å²) in [6.45, 7) is 12.3. The molecule has 0 radical (unpaired) electrons. The zero-order chi connectivity index (χ0) is 30.1. The van der Waals surface area contributed by atoms with E-state index in [4.69, 9.17) is 21.1 Å². The van der Waals surface area contributed by atoms with Gasteiger partial charge in [-0.15, -0.1) is 6.58 Å². The van der Waals surface area contributed by atoms with Gasteiger partial charge in [-0.2, -0.15) is 0 Å². The molecule has 9 nitrogen and oxygen atoms in total. The van der Waals surface area contributed by atoms with Crippen LogP contribution in [0.1, 0.15) is 61.0 Å². The number of hydrogen-bond donors (Lipinski definition) is 3. The molecular weight excluding hydrogens is 550 g/mol. The van der Waals surface area contributed by atoms with Gasteiger partial charge >= 0.3 is 0 Å². The number of fused-ring (bicyclic) bond motifs is 4. The average Bonchev–Trinajstić information content (AvgIpc) is 3.42. The van der Waals surface area contributed by atoms with Gasteiger partial charge in [0.1, 0.15) is 17.8 Å². The lowest BCUT2D eigenvalue weighted by Crippen LogP contribution is -2.42. The van der Waals surface area contributed by atoms with Crippen LogP contribution in [0, 0.1) is 6.92 Å². The van der Waals surface area contributed by atoms with Crippen molar-refractivity contribution >= 4 is 40.4 Å². The third kappa shape index (κ3) is 8.22. The van der Waals surface area contributed by atoms with Crippen molar-refractivity contribution in [2.24, 2.45) is 4.99 Å². The van der Waals surface area contributed by atoms with Crippen LogP contribution in [-0.4, -0.2) is 52.1 Å². The van der Waals surface area contributed by atoms with Crippen molar-refractivity contribution in [1.29, 1.82) is 0 Å². The van der Waals surface area contributed by atoms with Gasteiger partial charge in [0.25, 0.3) is 5.91 Å². The fraction of sp³-hybridized carbons (Fsp3) is 0.375. The van der Waals surface area contributed by atoms with Crippen molar-refractivity contribution in [3.63, 3.8) is 0 Å². The van der Waals surface area contributed by atoms with Crippen molar-refractivity contribution in [3.8, 4) is 0 Å². The van der Waals surface area contributed by atoms with Crippen molar-refractivity contribution < 1.29 is 9.32 Å². The number of benzene rings is 1. The second-order valence-electron chi connectivity index (χ2n) is 10.5. The normalized spacial score (nSPS) is 18.8. The van der Waals surface area contributed by atoms with Crippen LogP contribution in [0.5, 0.6) is 0 Å². The van der Waals surface area contributed by atoms with Crippen molar-refractivity contribution in [2.45, 2.75) is 65.6 Å². The van der Waals surface area contributed by atoms with Gasteiger partial charge in [0.05, 0.1) is 16.9 Å². The highest BCUT2D eigenvalue weighted by atomic mass is 35.5. The molecule has 1 saturated heterocycles. The van der Waals surface area contributed by atoms with E-state index in [0.717, 1.165) is 48.3 Å². The molecule has 0 aliphatic carbocycles. The van der Waals surface area contributed by atoms with E-state index in [2.05, 4.69) is 50.9 Å². The molecule has 4 heterocycles. The van der Waals surface area contributed by atoms with E-state index in [1.165, 1.54) is 5.56 Å². The van der Waals surface area contributed by atoms with E-state index in [9.17, 15) is 4.79 Å². The van der Waals surface area contributed by atoms with Gasteiger partial charge in [-0.25, -0.2) is 4.99 Å². The molecule has 3 aromatic rings. The van der Waals surface area contributed by atoms with Gasteiger partial charge in [0.2, 0.25) is 0 Å². The number of aryl methyl sites for hydroxylation is 3. The summed E-state index contributed by atoms with van der Waals surface area (Å²) >= 11 is 6.52. The molecule has 2 aliphatic heterocycles. The number of nitrogens with zero attached hydrogens (tertiary/aromatic N) is 4. The lowest BCUT2D eigenvalue weighted by molar-refractivity contribution is 0.0708. The van der Waals surface area contributed by atoms with Gasteiger partial charge in [0, 0.05) is 42.8 Å². The second kappa shape index (κ2) is 14.7. The SMILES string of the molecule is C/C=C(Cl)\C1=N/C(C)Nc2cncc(c2)CCc2cc(ccc2NC2CCN(C(=O)c3cc(C)on3)CC2)N1.C=CC. The average molecular weight is 590 g/mol. The molecule has 3 N–H and O–H groups in total. The van der Waals surface area contributed by atoms with Gasteiger partial charge in [-0.1, -0.05) is 28.9 Å². The number of carbonyl (C=O) groups is 1. The van der Waals surface area contributed by atoms with E-state index >= 15 is 0 Å². The summed E-state index contributed by atoms with van der Waals surface area (Å²) in [5.41, 5.74) is 5.66. The number of anilines is 3. The van der Waals surface area contributed by atoms with Gasteiger partial charge in [0.15, 0.2) is 5.69 Å². The van der Waals surface area contributed by atoms with Gasteiger partial charge in [-0.3, -0.25) is 9.78 Å². The van der Waals surface area contributed by atoms with Crippen molar-refractivity contribution in [1.82, 2.24) is 15.0 Å². The summed E-state index contributed by atoms with van der Waals surface area (Å²) in [7, 11) is 0. The van der Waals surface area contributed by atoms with E-state index in [0.29, 0.717) is 35.4 Å². The zero-order valence-corrected chi connectivity index (χ0v) is 25.5. The topological polar surface area (TPSA) is 108 Å². The second-order valence-corrected chi connectivity index (χ2v) is 10.9. The molecule has 10 heteroatoms. The lowest BCUT2D eigenvalue weighted by atomic mass is 10.00. The number of likely N-dealkylation sites (tertiary alicyclic amines) is 1. The Kier molecular flexibility index (Phi) is 10.8. The highest BCUT2D eigenvalue weighted by Crippen LogP contribution is 2.27. The molecule has 42 heavy (non-hydrogen) atoms. The molecule has 1 unspecified atom stereocenters. The zero-order valence-electron chi connectivity index (χ0n) is 24.8. The first-order valence-electron chi connectivity index (χ1n) is 14.4. The fourth-order valence-corrected chi connectivity index (χ4v) is 5.07. The molecule has 1 aromatic carbocycles. The molecule has 222 valence electrons. The predicted molar refractivity (Wildman–Crippen MR) is 171 cm³/mol. The molecule has 2 aliphatic rings. The molecule has 4 bridgehead atoms. The Morgan fingerprint density at radius 3 is 2.60 bits per heavy atom. The fourth-order valence-electron chi connectivity index (χ4n) is 4.97. The van der Waals surface area contributed by atoms with Crippen LogP contribution in [0.4, 0.5) is 17.1 Å². The minimum atomic E-state index is -0.203. The maximum Gasteiger partial charge on any atom is 0.276 e. The Morgan fingerprint density at radius 1 is 1.14 bits per heavy atom. The summed E-state index contributed by atoms with van der Waals surface area (Å²) in [5, 5.41) is 15.0. The third-order valence-electron chi connectivity index (χ3n) is 7.01. The Labute approximate surface area is 253 Å². The van der Waals surface area contributed by atoms with Crippen LogP contribution in [0.25, 0.3) is 0 Å². The van der Waals surface area contributed by atoms with Gasteiger partial charge < -0.3 is 25.4 Å². The molecule has 5 rings (SSSR count). The standard InChI is InChI=1S/C29H34ClN7O2.C3H6/c1-4-25(30)28-33-19(3)32-24-14-20(16-31-17-24)5-6-21-15-23(35-28)7-8-26(21)34-22-9-11-37(12-10-22)29(38)27-13-18(2)39-36-27;1-3-2/h4,7-8,13-17,19,22,32,34H,5-6,9-12H2,1-3H3,(H,33,35);3H,1H2,2H3/b25-4+;. The van der Waals surface area contributed by atoms with Gasteiger partial charge in [-0.05, 0) is 88.8 Å². The van der Waals surface area contributed by atoms with Crippen molar-refractivity contribution in [3.05, 3.63) is 89.1 Å². The molecule has 1 fully saturated rings. The number of rotatable bonds is 4. The minimum absolute atomic E-state index is 0.0734. The summed E-state index contributed by atoms with van der Waals surface area (Å²) in [5.74, 6) is 1.17. The number of allylic oxidation sites excluding steroid dienone is 2. The number of halogens is 1. The Balaban J connectivity index is 0.00000129. The lowest BCUT2D eigenvalue weighted by Gasteiger charge is -2.33. The van der Waals surface area contributed by atoms with E-state index in [1.807, 2.05) is 50.2 Å². The largest absolute Gasteiger partial charge is 0.382 e. The molecular formula is C32H40ClN7O2. The van der Waals surface area contributed by atoms with E-state index < -0.39 is 0 Å². The maximum absolute atomic E-state index is 12.8. The smallest absolute Gasteiger partial charge is 0.276 e. The first kappa shape index (κ1) is 30.8. The first-order valence-corrected chi connectivity index (χ1v) is 14.7. The Hall–Kier alpha value is -4.11. The molecule has 1 atom stereocenters. The number of nitrogens with one attached hydrogen (secondary N) is 3. The molecule has 0 spiro atoms. The van der Waals surface area contributed by atoms with E-state index in [-0.39, 0.29) is 18.1 Å². The molecule has 1 amide bonds. The van der Waals surface area contributed by atoms with Crippen LogP contribution < -0.4 is 16.0 Å². The Morgan fingerprint density at radius 2 is 1.90 bits per heavy atom. The predicted octanol–water partition coefficient (Wildman–Crippen LogP) is 6.80. The van der Waals surface area contributed by atoms with E-state index in [1.54, 1.807) is 19.1 Å². The molecule has 2 aromatic heterocycles. The van der Waals surface area contributed by atoms with Crippen LogP contribution in [0.15, 0.2) is 76.0 Å². The number of amidine groups is 1. The van der Waals surface area contributed by atoms with Crippen LogP contribution in [-0.2, 0) is 12.8 Å². The number of piperidine rings is 1.